The minimum Gasteiger partial charge on any atom is -0.464 e. The Morgan fingerprint density at radius 3 is 2.47 bits per heavy atom. The molecule has 0 spiro atoms. The van der Waals surface area contributed by atoms with Crippen molar-refractivity contribution in [2.45, 2.75) is 32.2 Å². The van der Waals surface area contributed by atoms with Gasteiger partial charge in [0.05, 0.1) is 15.3 Å². The summed E-state index contributed by atoms with van der Waals surface area (Å²) in [5, 5.41) is 2.80. The van der Waals surface area contributed by atoms with Crippen molar-refractivity contribution in [1.82, 2.24) is 5.32 Å². The van der Waals surface area contributed by atoms with E-state index >= 15 is 0 Å². The monoisotopic (exact) mass is 409 g/mol. The minimum atomic E-state index is -0.803. The van der Waals surface area contributed by atoms with E-state index in [-0.39, 0.29) is 11.9 Å². The molecule has 2 rings (SSSR count). The zero-order valence-corrected chi connectivity index (χ0v) is 14.5. The van der Waals surface area contributed by atoms with E-state index in [1.807, 2.05) is 6.92 Å². The molecular weight excluding hydrogens is 398 g/mol. The average molecular weight is 411 g/mol. The number of carbonyl (C=O) groups is 2. The van der Waals surface area contributed by atoms with Gasteiger partial charge in [0.2, 0.25) is 0 Å². The van der Waals surface area contributed by atoms with Gasteiger partial charge < -0.3 is 10.1 Å². The van der Waals surface area contributed by atoms with E-state index in [0.29, 0.717) is 24.3 Å². The Morgan fingerprint density at radius 2 is 2.05 bits per heavy atom. The molecule has 1 saturated carbocycles. The second kappa shape index (κ2) is 5.54. The highest BCUT2D eigenvalue weighted by Crippen LogP contribution is 2.40. The second-order valence-electron chi connectivity index (χ2n) is 4.40. The van der Waals surface area contributed by atoms with Gasteiger partial charge in [0, 0.05) is 4.47 Å². The first-order chi connectivity index (χ1) is 8.91. The number of carbonyl (C=O) groups excluding carboxylic acids is 2. The number of esters is 1. The van der Waals surface area contributed by atoms with Gasteiger partial charge in [0.25, 0.3) is 5.91 Å². The normalized spacial score (nSPS) is 16.0. The van der Waals surface area contributed by atoms with Crippen molar-refractivity contribution < 1.29 is 14.3 Å². The van der Waals surface area contributed by atoms with Gasteiger partial charge in [0.1, 0.15) is 5.54 Å². The molecule has 0 aliphatic heterocycles. The van der Waals surface area contributed by atoms with Crippen LogP contribution in [-0.2, 0) is 9.53 Å². The number of rotatable bonds is 4. The lowest BCUT2D eigenvalue weighted by Crippen LogP contribution is -2.44. The molecule has 0 radical (unpaired) electrons. The van der Waals surface area contributed by atoms with Crippen molar-refractivity contribution >= 4 is 55.1 Å². The lowest BCUT2D eigenvalue weighted by molar-refractivity contribution is -0.146. The lowest BCUT2D eigenvalue weighted by Gasteiger charge is -2.15. The van der Waals surface area contributed by atoms with Crippen LogP contribution < -0.4 is 5.32 Å². The van der Waals surface area contributed by atoms with Gasteiger partial charge in [-0.15, -0.1) is 11.3 Å². The largest absolute Gasteiger partial charge is 0.464 e. The molecule has 104 valence electrons. The van der Waals surface area contributed by atoms with E-state index in [0.717, 1.165) is 13.8 Å². The first-order valence-electron chi connectivity index (χ1n) is 5.85. The number of hydrogen-bond donors (Lipinski definition) is 1. The van der Waals surface area contributed by atoms with Crippen LogP contribution >= 0.6 is 43.2 Å². The number of thiophene rings is 1. The molecule has 1 fully saturated rings. The van der Waals surface area contributed by atoms with Gasteiger partial charge >= 0.3 is 5.97 Å². The fourth-order valence-electron chi connectivity index (χ4n) is 1.72. The number of halogens is 2. The molecule has 0 aromatic carbocycles. The Balaban J connectivity index is 2.13. The van der Waals surface area contributed by atoms with Crippen LogP contribution in [0.1, 0.15) is 35.0 Å². The van der Waals surface area contributed by atoms with E-state index in [2.05, 4.69) is 37.2 Å². The third kappa shape index (κ3) is 2.87. The Hall–Kier alpha value is -0.400. The highest BCUT2D eigenvalue weighted by Gasteiger charge is 2.53. The van der Waals surface area contributed by atoms with E-state index in [9.17, 15) is 9.59 Å². The summed E-state index contributed by atoms with van der Waals surface area (Å²) < 4.78 is 6.75. The van der Waals surface area contributed by atoms with Gasteiger partial charge in [-0.1, -0.05) is 0 Å². The van der Waals surface area contributed by atoms with E-state index < -0.39 is 5.54 Å². The standard InChI is InChI=1S/C12H13Br2NO3S/c1-3-18-11(17)12(4-5-12)15-10(16)8-6(2)7(13)9(14)19-8/h3-5H2,1-2H3,(H,15,16). The Morgan fingerprint density at radius 1 is 1.42 bits per heavy atom. The third-order valence-corrected chi connectivity index (χ3v) is 6.76. The van der Waals surface area contributed by atoms with E-state index in [4.69, 9.17) is 4.74 Å². The van der Waals surface area contributed by atoms with E-state index in [1.54, 1.807) is 6.92 Å². The summed E-state index contributed by atoms with van der Waals surface area (Å²) in [5.74, 6) is -0.560. The topological polar surface area (TPSA) is 55.4 Å². The molecule has 4 nitrogen and oxygen atoms in total. The first-order valence-corrected chi connectivity index (χ1v) is 8.25. The SMILES string of the molecule is CCOC(=O)C1(NC(=O)c2sc(Br)c(Br)c2C)CC1. The molecular formula is C12H13Br2NO3S. The number of hydrogen-bond acceptors (Lipinski definition) is 4. The van der Waals surface area contributed by atoms with Crippen LogP contribution in [0.4, 0.5) is 0 Å². The molecule has 1 N–H and O–H groups in total. The van der Waals surface area contributed by atoms with Crippen LogP contribution in [0.25, 0.3) is 0 Å². The highest BCUT2D eigenvalue weighted by atomic mass is 79.9. The molecule has 1 aliphatic carbocycles. The third-order valence-electron chi connectivity index (χ3n) is 3.01. The average Bonchev–Trinajstić information content (AvgIpc) is 3.09. The van der Waals surface area contributed by atoms with Crippen LogP contribution in [0.3, 0.4) is 0 Å². The summed E-state index contributed by atoms with van der Waals surface area (Å²) in [6.07, 6.45) is 1.29. The number of nitrogens with one attached hydrogen (secondary N) is 1. The summed E-state index contributed by atoms with van der Waals surface area (Å²) in [4.78, 5) is 24.7. The van der Waals surface area contributed by atoms with Crippen molar-refractivity contribution in [3.8, 4) is 0 Å². The molecule has 1 amide bonds. The summed E-state index contributed by atoms with van der Waals surface area (Å²) in [6, 6.07) is 0. The minimum absolute atomic E-state index is 0.223. The van der Waals surface area contributed by atoms with Gasteiger partial charge in [-0.2, -0.15) is 0 Å². The van der Waals surface area contributed by atoms with Gasteiger partial charge in [0.15, 0.2) is 0 Å². The van der Waals surface area contributed by atoms with Crippen LogP contribution in [0.5, 0.6) is 0 Å². The predicted octanol–water partition coefficient (Wildman–Crippen LogP) is 3.41. The van der Waals surface area contributed by atoms with Crippen LogP contribution in [-0.4, -0.2) is 24.0 Å². The molecule has 19 heavy (non-hydrogen) atoms. The predicted molar refractivity (Wildman–Crippen MR) is 80.5 cm³/mol. The van der Waals surface area contributed by atoms with Crippen LogP contribution in [0.2, 0.25) is 0 Å². The highest BCUT2D eigenvalue weighted by molar-refractivity contribution is 9.13. The molecule has 0 atom stereocenters. The maximum absolute atomic E-state index is 12.2. The van der Waals surface area contributed by atoms with Gasteiger partial charge in [-0.05, 0) is 64.1 Å². The molecule has 0 bridgehead atoms. The fourth-order valence-corrected chi connectivity index (χ4v) is 3.90. The van der Waals surface area contributed by atoms with Crippen molar-refractivity contribution in [2.24, 2.45) is 0 Å². The maximum Gasteiger partial charge on any atom is 0.331 e. The van der Waals surface area contributed by atoms with Crippen molar-refractivity contribution in [1.29, 1.82) is 0 Å². The number of ether oxygens (including phenoxy) is 1. The molecule has 0 saturated heterocycles. The van der Waals surface area contributed by atoms with E-state index in [1.165, 1.54) is 11.3 Å². The number of amides is 1. The zero-order chi connectivity index (χ0) is 14.2. The van der Waals surface area contributed by atoms with Gasteiger partial charge in [-0.25, -0.2) is 4.79 Å². The summed E-state index contributed by atoms with van der Waals surface area (Å²) in [6.45, 7) is 3.95. The molecule has 1 heterocycles. The summed E-state index contributed by atoms with van der Waals surface area (Å²) in [5.41, 5.74) is 0.0664. The van der Waals surface area contributed by atoms with Crippen molar-refractivity contribution in [3.63, 3.8) is 0 Å². The van der Waals surface area contributed by atoms with Crippen molar-refractivity contribution in [3.05, 3.63) is 18.7 Å². The van der Waals surface area contributed by atoms with Crippen molar-refractivity contribution in [2.75, 3.05) is 6.61 Å². The lowest BCUT2D eigenvalue weighted by atomic mass is 10.2. The molecule has 7 heteroatoms. The first kappa shape index (κ1) is 15.0. The Labute approximate surface area is 132 Å². The van der Waals surface area contributed by atoms with Gasteiger partial charge in [-0.3, -0.25) is 4.79 Å². The smallest absolute Gasteiger partial charge is 0.331 e. The maximum atomic E-state index is 12.2. The summed E-state index contributed by atoms with van der Waals surface area (Å²) in [7, 11) is 0. The molecule has 0 unspecified atom stereocenters. The second-order valence-corrected chi connectivity index (χ2v) is 7.53. The van der Waals surface area contributed by atoms with Crippen LogP contribution in [0, 0.1) is 6.92 Å². The summed E-state index contributed by atoms with van der Waals surface area (Å²) >= 11 is 8.14. The molecule has 1 aromatic rings. The molecule has 1 aliphatic rings. The fraction of sp³-hybridized carbons (Fsp3) is 0.500. The van der Waals surface area contributed by atoms with Crippen LogP contribution in [0.15, 0.2) is 8.26 Å². The quantitative estimate of drug-likeness (QED) is 0.773. The Bertz CT molecular complexity index is 537. The Kier molecular flexibility index (Phi) is 4.37. The zero-order valence-electron chi connectivity index (χ0n) is 10.5. The molecule has 1 aromatic heterocycles.